The van der Waals surface area contributed by atoms with E-state index in [-0.39, 0.29) is 22.1 Å². The fraction of sp³-hybridized carbons (Fsp3) is 0.565. The lowest BCUT2D eigenvalue weighted by molar-refractivity contribution is -0.206. The molecule has 352 valence electrons. The van der Waals surface area contributed by atoms with Crippen molar-refractivity contribution in [2.75, 3.05) is 46.0 Å². The number of hydrogen-bond donors (Lipinski definition) is 3. The molecule has 4 fully saturated rings. The zero-order valence-electron chi connectivity index (χ0n) is 37.3. The summed E-state index contributed by atoms with van der Waals surface area (Å²) in [6.07, 6.45) is 18.5. The van der Waals surface area contributed by atoms with E-state index in [2.05, 4.69) is 32.4 Å². The Kier molecular flexibility index (Phi) is 11.8. The number of sulfonamides is 2. The summed E-state index contributed by atoms with van der Waals surface area (Å²) in [4.78, 5) is 12.9. The summed E-state index contributed by atoms with van der Waals surface area (Å²) in [5.41, 5.74) is 11.2. The number of methoxy groups -OCH3 is 2. The highest BCUT2D eigenvalue weighted by Crippen LogP contribution is 2.44. The molecule has 4 heterocycles. The first kappa shape index (κ1) is 44.9. The molecule has 12 rings (SSSR count). The first-order valence-electron chi connectivity index (χ1n) is 23.0. The molecule has 4 N–H and O–H groups in total. The number of ether oxygens (including phenoxy) is 5. The van der Waals surface area contributed by atoms with E-state index in [1.807, 2.05) is 6.26 Å². The molecule has 2 aromatic heterocycles. The van der Waals surface area contributed by atoms with Gasteiger partial charge in [0, 0.05) is 32.0 Å². The number of carbonyl (C=O) groups is 1. The Morgan fingerprint density at radius 2 is 1.12 bits per heavy atom. The number of aromatic nitrogens is 4. The minimum Gasteiger partial charge on any atom is -0.387 e. The third kappa shape index (κ3) is 8.30. The number of nitrogens with one attached hydrogen (secondary N) is 2. The van der Waals surface area contributed by atoms with Crippen molar-refractivity contribution in [2.24, 2.45) is 5.14 Å². The van der Waals surface area contributed by atoms with E-state index in [1.54, 1.807) is 23.6 Å². The Morgan fingerprint density at radius 1 is 0.697 bits per heavy atom. The normalized spacial score (nSPS) is 20.5. The molecule has 2 amide bonds. The number of rotatable bonds is 11. The molecule has 18 nitrogen and oxygen atoms in total. The second-order valence-electron chi connectivity index (χ2n) is 18.7. The van der Waals surface area contributed by atoms with Gasteiger partial charge in [0.1, 0.15) is 5.75 Å². The molecule has 0 unspecified atom stereocenters. The number of amides is 2. The number of aryl methyl sites for hydroxylation is 4. The number of nitriles is 1. The van der Waals surface area contributed by atoms with Crippen molar-refractivity contribution in [3.8, 4) is 12.0 Å². The molecule has 66 heavy (non-hydrogen) atoms. The van der Waals surface area contributed by atoms with Crippen LogP contribution < -0.4 is 19.9 Å². The number of primary sulfonamides is 1. The lowest BCUT2D eigenvalue weighted by atomic mass is 9.97. The van der Waals surface area contributed by atoms with E-state index in [0.29, 0.717) is 32.1 Å². The van der Waals surface area contributed by atoms with Crippen molar-refractivity contribution in [3.05, 3.63) is 80.2 Å². The summed E-state index contributed by atoms with van der Waals surface area (Å²) in [5, 5.41) is 24.9. The predicted molar refractivity (Wildman–Crippen MR) is 238 cm³/mol. The van der Waals surface area contributed by atoms with Crippen LogP contribution in [0.2, 0.25) is 0 Å². The number of anilines is 1. The summed E-state index contributed by atoms with van der Waals surface area (Å²) >= 11 is 0. The molecule has 2 aromatic carbocycles. The van der Waals surface area contributed by atoms with Gasteiger partial charge < -0.3 is 29.0 Å². The van der Waals surface area contributed by atoms with Gasteiger partial charge in [0.15, 0.2) is 21.3 Å². The van der Waals surface area contributed by atoms with Gasteiger partial charge in [0.2, 0.25) is 0 Å². The number of nitrogens with zero attached hydrogens (tertiary/aromatic N) is 5. The Balaban J connectivity index is 0.000000130. The third-order valence-corrected chi connectivity index (χ3v) is 16.3. The van der Waals surface area contributed by atoms with Gasteiger partial charge in [0.05, 0.1) is 49.9 Å². The summed E-state index contributed by atoms with van der Waals surface area (Å²) < 4.78 is 81.5. The summed E-state index contributed by atoms with van der Waals surface area (Å²) in [6.45, 7) is 1.51. The Labute approximate surface area is 384 Å². The topological polar surface area (TPSA) is 241 Å². The predicted octanol–water partition coefficient (Wildman–Crippen LogP) is 4.84. The van der Waals surface area contributed by atoms with Crippen molar-refractivity contribution in [1.29, 1.82) is 5.26 Å². The molecule has 0 atom stereocenters. The second kappa shape index (κ2) is 17.3. The molecule has 0 spiro atoms. The van der Waals surface area contributed by atoms with Crippen LogP contribution in [0.1, 0.15) is 119 Å². The van der Waals surface area contributed by atoms with Gasteiger partial charge in [-0.2, -0.15) is 18.6 Å². The minimum absolute atomic E-state index is 0.104. The van der Waals surface area contributed by atoms with E-state index in [0.717, 1.165) is 118 Å². The maximum Gasteiger partial charge on any atom is 0.333 e. The molecule has 20 heteroatoms. The number of hydrogen-bond acceptors (Lipinski definition) is 13. The number of benzene rings is 2. The molecule has 0 radical (unpaired) electrons. The number of urea groups is 1. The summed E-state index contributed by atoms with van der Waals surface area (Å²) in [6, 6.07) is 7.28. The van der Waals surface area contributed by atoms with Crippen molar-refractivity contribution < 1.29 is 45.3 Å². The van der Waals surface area contributed by atoms with Gasteiger partial charge in [0.25, 0.3) is 26.3 Å². The lowest BCUT2D eigenvalue weighted by Gasteiger charge is -2.40. The summed E-state index contributed by atoms with van der Waals surface area (Å²) in [5.74, 6) is 0.903. The molecule has 2 saturated heterocycles. The highest BCUT2D eigenvalue weighted by atomic mass is 32.2. The van der Waals surface area contributed by atoms with Gasteiger partial charge in [-0.25, -0.2) is 23.1 Å². The first-order valence-corrected chi connectivity index (χ1v) is 26.0. The fourth-order valence-electron chi connectivity index (χ4n) is 10.4. The third-order valence-electron chi connectivity index (χ3n) is 14.3. The Morgan fingerprint density at radius 3 is 1.52 bits per heavy atom. The fourth-order valence-corrected chi connectivity index (χ4v) is 11.8. The van der Waals surface area contributed by atoms with Crippen molar-refractivity contribution >= 4 is 31.8 Å². The Bertz CT molecular complexity index is 2780. The molecule has 8 aliphatic rings. The average molecular weight is 945 g/mol. The quantitative estimate of drug-likeness (QED) is 0.171. The highest BCUT2D eigenvalue weighted by molar-refractivity contribution is 7.90. The van der Waals surface area contributed by atoms with Crippen LogP contribution in [0.3, 0.4) is 0 Å². The van der Waals surface area contributed by atoms with Gasteiger partial charge in [-0.05, 0) is 147 Å². The van der Waals surface area contributed by atoms with Crippen LogP contribution in [0.15, 0.2) is 34.3 Å². The minimum atomic E-state index is -4.16. The van der Waals surface area contributed by atoms with Gasteiger partial charge >= 0.3 is 6.03 Å². The van der Waals surface area contributed by atoms with Crippen molar-refractivity contribution in [2.45, 2.75) is 136 Å². The second-order valence-corrected chi connectivity index (χ2v) is 21.8. The largest absolute Gasteiger partial charge is 0.387 e. The zero-order valence-corrected chi connectivity index (χ0v) is 39.0. The number of fused-ring (bicyclic) bond motifs is 4. The smallest absolute Gasteiger partial charge is 0.333 e. The van der Waals surface area contributed by atoms with E-state index in [1.165, 1.54) is 58.4 Å². The van der Waals surface area contributed by atoms with Crippen LogP contribution in [0.5, 0.6) is 5.75 Å². The maximum absolute atomic E-state index is 13.1. The van der Waals surface area contributed by atoms with E-state index < -0.39 is 37.3 Å². The van der Waals surface area contributed by atoms with Crippen LogP contribution >= 0.6 is 0 Å². The van der Waals surface area contributed by atoms with Gasteiger partial charge in [-0.1, -0.05) is 12.1 Å². The molecular weight excluding hydrogens is 889 g/mol. The van der Waals surface area contributed by atoms with Crippen LogP contribution in [0, 0.1) is 11.5 Å². The van der Waals surface area contributed by atoms with Crippen LogP contribution in [0.25, 0.3) is 0 Å². The number of nitrogens with two attached hydrogens (primary N) is 1. The maximum atomic E-state index is 13.1. The van der Waals surface area contributed by atoms with E-state index in [4.69, 9.17) is 34.1 Å². The standard InChI is InChI=1S/C23H28N4O5S.C13H13NO.C10H15N3O4S/c1-31-23(12-32-13-23)19-11-20(25-27(19)16-8-9-16)33(29,30)26-22(28)24-21-17-6-2-4-14(17)10-15-5-3-7-18(15)21;14-8-15-13-11-5-1-3-9(11)7-10-4-2-6-12(10)13;1-16-10(5-17-6-10)8-4-9(18(11,14)15)12-13(8)7-2-3-7/h10-11,16H,2-9,12-13H2,1H3,(H2,24,26,28);7H,1-6H2;4,7H,2-3,5-6H2,1H3,(H2,11,14,15). The molecule has 6 aliphatic carbocycles. The summed E-state index contributed by atoms with van der Waals surface area (Å²) in [7, 11) is -4.78. The molecule has 2 saturated carbocycles. The van der Waals surface area contributed by atoms with Crippen LogP contribution in [0.4, 0.5) is 10.5 Å². The monoisotopic (exact) mass is 944 g/mol. The lowest BCUT2D eigenvalue weighted by Crippen LogP contribution is -2.49. The molecule has 0 bridgehead atoms. The van der Waals surface area contributed by atoms with Crippen molar-refractivity contribution in [1.82, 2.24) is 24.3 Å². The first-order chi connectivity index (χ1) is 31.8. The van der Waals surface area contributed by atoms with Crippen molar-refractivity contribution in [3.63, 3.8) is 0 Å². The zero-order chi connectivity index (χ0) is 46.0. The van der Waals surface area contributed by atoms with Crippen LogP contribution in [-0.4, -0.2) is 83.1 Å². The molecule has 4 aromatic rings. The van der Waals surface area contributed by atoms with Gasteiger partial charge in [-0.3, -0.25) is 9.36 Å². The molecule has 2 aliphatic heterocycles. The van der Waals surface area contributed by atoms with E-state index in [9.17, 15) is 21.6 Å². The Hall–Kier alpha value is -4.88. The highest BCUT2D eigenvalue weighted by Gasteiger charge is 2.48. The van der Waals surface area contributed by atoms with Gasteiger partial charge in [-0.15, -0.1) is 5.26 Å². The number of carbonyl (C=O) groups excluding carboxylic acids is 1. The average Bonchev–Trinajstić information content (AvgIpc) is 3.74. The van der Waals surface area contributed by atoms with Crippen LogP contribution in [-0.2, 0) is 102 Å². The van der Waals surface area contributed by atoms with E-state index >= 15 is 0 Å². The SMILES string of the molecule is COC1(c2cc(S(=O)(=O)NC(=O)Nc3c4c(cc5c3CCC5)CCC4)nn2C2CC2)COC1.COC1(c2cc(S(N)(=O)=O)nn2C2CC2)COC1.N#COc1c2c(cc3c1CCC3)CCC2. The molecular formula is C46H56N8O10S2.